The average molecular weight is 282 g/mol. The van der Waals surface area contributed by atoms with Crippen molar-refractivity contribution in [2.75, 3.05) is 6.61 Å². The van der Waals surface area contributed by atoms with Gasteiger partial charge < -0.3 is 15.7 Å². The molecule has 1 aromatic rings. The third-order valence-corrected chi connectivity index (χ3v) is 3.17. The van der Waals surface area contributed by atoms with Crippen molar-refractivity contribution >= 4 is 17.6 Å². The van der Waals surface area contributed by atoms with Gasteiger partial charge in [-0.15, -0.1) is 0 Å². The Balaban J connectivity index is 1.73. The second-order valence-electron chi connectivity index (χ2n) is 4.46. The molecular weight excluding hydrogens is 266 g/mol. The first-order valence-corrected chi connectivity index (χ1v) is 6.49. The lowest BCUT2D eigenvalue weighted by atomic mass is 10.1. The summed E-state index contributed by atoms with van der Waals surface area (Å²) in [5.74, 6) is 0.142. The predicted octanol–water partition coefficient (Wildman–Crippen LogP) is 1.47. The SMILES string of the molecule is O=C(NCc1ccc(Cl)cn1)N[C@@H]1C=C[C@H](CO)C1. The smallest absolute Gasteiger partial charge is 0.315 e. The van der Waals surface area contributed by atoms with Crippen molar-refractivity contribution < 1.29 is 9.90 Å². The molecule has 0 bridgehead atoms. The number of rotatable bonds is 4. The van der Waals surface area contributed by atoms with Gasteiger partial charge in [-0.3, -0.25) is 4.98 Å². The second-order valence-corrected chi connectivity index (χ2v) is 4.90. The third kappa shape index (κ3) is 4.22. The molecule has 0 fully saturated rings. The Labute approximate surface area is 116 Å². The van der Waals surface area contributed by atoms with E-state index >= 15 is 0 Å². The van der Waals surface area contributed by atoms with Crippen molar-refractivity contribution in [1.29, 1.82) is 0 Å². The van der Waals surface area contributed by atoms with Gasteiger partial charge in [0, 0.05) is 24.8 Å². The molecule has 1 aromatic heterocycles. The molecule has 0 unspecified atom stereocenters. The summed E-state index contributed by atoms with van der Waals surface area (Å²) in [5, 5.41) is 15.1. The van der Waals surface area contributed by atoms with E-state index in [-0.39, 0.29) is 24.6 Å². The molecule has 3 N–H and O–H groups in total. The van der Waals surface area contributed by atoms with Gasteiger partial charge in [-0.25, -0.2) is 4.79 Å². The lowest BCUT2D eigenvalue weighted by Crippen LogP contribution is -2.40. The first kappa shape index (κ1) is 13.8. The van der Waals surface area contributed by atoms with E-state index in [1.54, 1.807) is 18.3 Å². The molecular formula is C13H16ClN3O2. The number of nitrogens with zero attached hydrogens (tertiary/aromatic N) is 1. The molecule has 6 heteroatoms. The summed E-state index contributed by atoms with van der Waals surface area (Å²) in [5.41, 5.74) is 0.745. The van der Waals surface area contributed by atoms with E-state index in [2.05, 4.69) is 15.6 Å². The van der Waals surface area contributed by atoms with Gasteiger partial charge in [-0.05, 0) is 18.6 Å². The highest BCUT2D eigenvalue weighted by Crippen LogP contribution is 2.16. The number of amides is 2. The van der Waals surface area contributed by atoms with Crippen molar-refractivity contribution in [3.05, 3.63) is 41.2 Å². The molecule has 1 aliphatic carbocycles. The first-order chi connectivity index (χ1) is 9.17. The quantitative estimate of drug-likeness (QED) is 0.732. The van der Waals surface area contributed by atoms with Crippen LogP contribution in [0.25, 0.3) is 0 Å². The third-order valence-electron chi connectivity index (χ3n) is 2.94. The van der Waals surface area contributed by atoms with Gasteiger partial charge in [-0.2, -0.15) is 0 Å². The maximum Gasteiger partial charge on any atom is 0.315 e. The van der Waals surface area contributed by atoms with E-state index in [0.717, 1.165) is 12.1 Å². The summed E-state index contributed by atoms with van der Waals surface area (Å²) in [7, 11) is 0. The number of nitrogens with one attached hydrogen (secondary N) is 2. The number of hydrogen-bond acceptors (Lipinski definition) is 3. The van der Waals surface area contributed by atoms with Crippen LogP contribution in [0.1, 0.15) is 12.1 Å². The Bertz CT molecular complexity index is 461. The summed E-state index contributed by atoms with van der Waals surface area (Å²) < 4.78 is 0. The van der Waals surface area contributed by atoms with E-state index < -0.39 is 0 Å². The fourth-order valence-corrected chi connectivity index (χ4v) is 2.03. The van der Waals surface area contributed by atoms with Gasteiger partial charge in [0.1, 0.15) is 0 Å². The fraction of sp³-hybridized carbons (Fsp3) is 0.385. The molecule has 1 heterocycles. The molecule has 0 radical (unpaired) electrons. The Morgan fingerprint density at radius 3 is 2.95 bits per heavy atom. The van der Waals surface area contributed by atoms with E-state index in [4.69, 9.17) is 16.7 Å². The van der Waals surface area contributed by atoms with Crippen LogP contribution in [0.5, 0.6) is 0 Å². The molecule has 2 rings (SSSR count). The van der Waals surface area contributed by atoms with Crippen LogP contribution in [0, 0.1) is 5.92 Å². The molecule has 0 saturated carbocycles. The lowest BCUT2D eigenvalue weighted by Gasteiger charge is -2.13. The Morgan fingerprint density at radius 1 is 1.47 bits per heavy atom. The molecule has 2 amide bonds. The van der Waals surface area contributed by atoms with Crippen molar-refractivity contribution in [2.24, 2.45) is 5.92 Å². The largest absolute Gasteiger partial charge is 0.396 e. The standard InChI is InChI=1S/C13H16ClN3O2/c14-10-2-4-12(15-6-10)7-16-13(19)17-11-3-1-9(5-11)8-18/h1-4,6,9,11,18H,5,7-8H2,(H2,16,17,19)/t9-,11+/m0/s1. The topological polar surface area (TPSA) is 74.2 Å². The zero-order valence-electron chi connectivity index (χ0n) is 10.3. The van der Waals surface area contributed by atoms with E-state index in [0.29, 0.717) is 11.6 Å². The highest BCUT2D eigenvalue weighted by molar-refractivity contribution is 6.30. The molecule has 0 saturated heterocycles. The van der Waals surface area contributed by atoms with Crippen molar-refractivity contribution in [1.82, 2.24) is 15.6 Å². The highest BCUT2D eigenvalue weighted by Gasteiger charge is 2.19. The van der Waals surface area contributed by atoms with Gasteiger partial charge in [0.05, 0.1) is 17.3 Å². The molecule has 0 aliphatic heterocycles. The monoisotopic (exact) mass is 281 g/mol. The summed E-state index contributed by atoms with van der Waals surface area (Å²) >= 11 is 5.72. The number of halogens is 1. The summed E-state index contributed by atoms with van der Waals surface area (Å²) in [4.78, 5) is 15.7. The van der Waals surface area contributed by atoms with E-state index in [9.17, 15) is 4.79 Å². The summed E-state index contributed by atoms with van der Waals surface area (Å²) in [6.45, 7) is 0.466. The van der Waals surface area contributed by atoms with Gasteiger partial charge in [0.2, 0.25) is 0 Å². The molecule has 0 spiro atoms. The molecule has 0 aromatic carbocycles. The summed E-state index contributed by atoms with van der Waals surface area (Å²) in [6, 6.07) is 3.23. The number of carbonyl (C=O) groups is 1. The minimum Gasteiger partial charge on any atom is -0.396 e. The zero-order valence-corrected chi connectivity index (χ0v) is 11.1. The zero-order chi connectivity index (χ0) is 13.7. The Hall–Kier alpha value is -1.59. The fourth-order valence-electron chi connectivity index (χ4n) is 1.92. The van der Waals surface area contributed by atoms with E-state index in [1.807, 2.05) is 12.2 Å². The number of hydrogen-bond donors (Lipinski definition) is 3. The molecule has 5 nitrogen and oxygen atoms in total. The number of aliphatic hydroxyl groups is 1. The van der Waals surface area contributed by atoms with Crippen molar-refractivity contribution in [3.63, 3.8) is 0 Å². The first-order valence-electron chi connectivity index (χ1n) is 6.11. The number of urea groups is 1. The van der Waals surface area contributed by atoms with Crippen LogP contribution in [0.3, 0.4) is 0 Å². The lowest BCUT2D eigenvalue weighted by molar-refractivity contribution is 0.231. The van der Waals surface area contributed by atoms with Crippen LogP contribution in [-0.2, 0) is 6.54 Å². The molecule has 102 valence electrons. The normalized spacial score (nSPS) is 21.4. The predicted molar refractivity (Wildman–Crippen MR) is 72.7 cm³/mol. The molecule has 1 aliphatic rings. The van der Waals surface area contributed by atoms with Crippen LogP contribution in [0.15, 0.2) is 30.5 Å². The average Bonchev–Trinajstić information content (AvgIpc) is 2.86. The maximum absolute atomic E-state index is 11.7. The Morgan fingerprint density at radius 2 is 2.32 bits per heavy atom. The maximum atomic E-state index is 11.7. The van der Waals surface area contributed by atoms with Crippen molar-refractivity contribution in [2.45, 2.75) is 19.0 Å². The number of aromatic nitrogens is 1. The minimum atomic E-state index is -0.245. The minimum absolute atomic E-state index is 0.0182. The number of carbonyl (C=O) groups excluding carboxylic acids is 1. The van der Waals surface area contributed by atoms with Crippen LogP contribution in [-0.4, -0.2) is 28.8 Å². The second kappa shape index (κ2) is 6.54. The molecule has 2 atom stereocenters. The van der Waals surface area contributed by atoms with Crippen LogP contribution in [0.4, 0.5) is 4.79 Å². The highest BCUT2D eigenvalue weighted by atomic mass is 35.5. The van der Waals surface area contributed by atoms with Crippen LogP contribution in [0.2, 0.25) is 5.02 Å². The van der Waals surface area contributed by atoms with Crippen molar-refractivity contribution in [3.8, 4) is 0 Å². The van der Waals surface area contributed by atoms with Gasteiger partial charge >= 0.3 is 6.03 Å². The molecule has 19 heavy (non-hydrogen) atoms. The van der Waals surface area contributed by atoms with E-state index in [1.165, 1.54) is 0 Å². The summed E-state index contributed by atoms with van der Waals surface area (Å²) in [6.07, 6.45) is 6.11. The number of pyridine rings is 1. The van der Waals surface area contributed by atoms with Gasteiger partial charge in [-0.1, -0.05) is 23.8 Å². The van der Waals surface area contributed by atoms with Crippen LogP contribution < -0.4 is 10.6 Å². The van der Waals surface area contributed by atoms with Gasteiger partial charge in [0.15, 0.2) is 0 Å². The van der Waals surface area contributed by atoms with Gasteiger partial charge in [0.25, 0.3) is 0 Å². The number of aliphatic hydroxyl groups excluding tert-OH is 1. The van der Waals surface area contributed by atoms with Crippen LogP contribution >= 0.6 is 11.6 Å². The Kier molecular flexibility index (Phi) is 4.76.